The Morgan fingerprint density at radius 2 is 1.63 bits per heavy atom. The number of hydrogen-bond donors (Lipinski definition) is 1. The van der Waals surface area contributed by atoms with Crippen LogP contribution in [0.15, 0.2) is 30.3 Å². The van der Waals surface area contributed by atoms with Crippen LogP contribution >= 0.6 is 0 Å². The predicted octanol–water partition coefficient (Wildman–Crippen LogP) is 3.90. The quantitative estimate of drug-likeness (QED) is 0.732. The molecule has 2 aromatic rings. The maximum absolute atomic E-state index is 13.0. The number of hydrogen-bond acceptors (Lipinski definition) is 5. The highest BCUT2D eigenvalue weighted by atomic mass is 16.5. The molecule has 1 N–H and O–H groups in total. The lowest BCUT2D eigenvalue weighted by atomic mass is 9.86. The van der Waals surface area contributed by atoms with Crippen molar-refractivity contribution in [1.82, 2.24) is 0 Å². The van der Waals surface area contributed by atoms with Crippen LogP contribution in [0.1, 0.15) is 41.0 Å². The number of Topliss-reactive ketones (excluding diaryl/α,β-unsaturated/α-hetero) is 2. The van der Waals surface area contributed by atoms with Crippen LogP contribution in [-0.2, 0) is 14.4 Å². The largest absolute Gasteiger partial charge is 0.493 e. The van der Waals surface area contributed by atoms with E-state index in [1.807, 2.05) is 32.9 Å². The Bertz CT molecular complexity index is 988. The van der Waals surface area contributed by atoms with E-state index in [0.29, 0.717) is 17.2 Å². The van der Waals surface area contributed by atoms with E-state index in [9.17, 15) is 14.4 Å². The Morgan fingerprint density at radius 3 is 2.23 bits per heavy atom. The summed E-state index contributed by atoms with van der Waals surface area (Å²) >= 11 is 0. The molecule has 0 heterocycles. The van der Waals surface area contributed by atoms with Crippen molar-refractivity contribution < 1.29 is 23.9 Å². The first kappa shape index (κ1) is 21.6. The maximum atomic E-state index is 13.0. The van der Waals surface area contributed by atoms with Gasteiger partial charge in [-0.15, -0.1) is 0 Å². The van der Waals surface area contributed by atoms with Gasteiger partial charge in [-0.1, -0.05) is 17.7 Å². The standard InChI is InChI=1S/C24H27NO5/c1-13-8-14(2)22(15(3)9-13)23-18(26)10-16(24(23)28)11-21(27)25-17-6-7-19(29-4)20(12-17)30-5/h6-9,12,16,23H,10-11H2,1-5H3,(H,25,27). The highest BCUT2D eigenvalue weighted by molar-refractivity contribution is 6.16. The highest BCUT2D eigenvalue weighted by Gasteiger charge is 2.43. The first-order valence-electron chi connectivity index (χ1n) is 9.91. The number of ketones is 2. The topological polar surface area (TPSA) is 81.7 Å². The van der Waals surface area contributed by atoms with Gasteiger partial charge in [0.1, 0.15) is 11.7 Å². The molecule has 2 unspecified atom stereocenters. The second kappa shape index (κ2) is 8.69. The van der Waals surface area contributed by atoms with Gasteiger partial charge in [-0.25, -0.2) is 0 Å². The van der Waals surface area contributed by atoms with Crippen LogP contribution in [0.2, 0.25) is 0 Å². The van der Waals surface area contributed by atoms with Crippen LogP contribution in [0.5, 0.6) is 11.5 Å². The fraction of sp³-hybridized carbons (Fsp3) is 0.375. The third kappa shape index (κ3) is 4.22. The monoisotopic (exact) mass is 409 g/mol. The zero-order valence-electron chi connectivity index (χ0n) is 18.0. The molecule has 0 aliphatic heterocycles. The number of anilines is 1. The summed E-state index contributed by atoms with van der Waals surface area (Å²) in [5.41, 5.74) is 4.30. The van der Waals surface area contributed by atoms with E-state index in [1.54, 1.807) is 18.2 Å². The molecule has 1 aliphatic carbocycles. The SMILES string of the molecule is COc1ccc(NC(=O)CC2CC(=O)C(c3c(C)cc(C)cc3C)C2=O)cc1OC. The van der Waals surface area contributed by atoms with Gasteiger partial charge in [0.15, 0.2) is 17.3 Å². The minimum absolute atomic E-state index is 0.0284. The minimum atomic E-state index is -0.774. The number of aryl methyl sites for hydroxylation is 3. The van der Waals surface area contributed by atoms with Crippen LogP contribution in [0.25, 0.3) is 0 Å². The number of amides is 1. The average Bonchev–Trinajstić information content (AvgIpc) is 2.94. The van der Waals surface area contributed by atoms with Crippen LogP contribution in [0.3, 0.4) is 0 Å². The number of methoxy groups -OCH3 is 2. The molecule has 2 aromatic carbocycles. The van der Waals surface area contributed by atoms with E-state index < -0.39 is 11.8 Å². The Kier molecular flexibility index (Phi) is 6.25. The molecule has 0 spiro atoms. The van der Waals surface area contributed by atoms with Crippen molar-refractivity contribution >= 4 is 23.2 Å². The zero-order valence-corrected chi connectivity index (χ0v) is 18.0. The van der Waals surface area contributed by atoms with Crippen LogP contribution < -0.4 is 14.8 Å². The highest BCUT2D eigenvalue weighted by Crippen LogP contribution is 2.37. The zero-order chi connectivity index (χ0) is 22.0. The smallest absolute Gasteiger partial charge is 0.225 e. The van der Waals surface area contributed by atoms with Gasteiger partial charge < -0.3 is 14.8 Å². The number of carbonyl (C=O) groups is 3. The van der Waals surface area contributed by atoms with Crippen molar-refractivity contribution in [2.75, 3.05) is 19.5 Å². The van der Waals surface area contributed by atoms with E-state index in [-0.39, 0.29) is 30.3 Å². The molecule has 1 fully saturated rings. The Hall–Kier alpha value is -3.15. The van der Waals surface area contributed by atoms with Crippen molar-refractivity contribution in [3.8, 4) is 11.5 Å². The van der Waals surface area contributed by atoms with Crippen LogP contribution in [-0.4, -0.2) is 31.7 Å². The Balaban J connectivity index is 1.73. The molecule has 1 amide bonds. The third-order valence-electron chi connectivity index (χ3n) is 5.58. The predicted molar refractivity (Wildman–Crippen MR) is 114 cm³/mol. The molecule has 3 rings (SSSR count). The van der Waals surface area contributed by atoms with Gasteiger partial charge in [-0.3, -0.25) is 14.4 Å². The van der Waals surface area contributed by atoms with Crippen LogP contribution in [0, 0.1) is 26.7 Å². The summed E-state index contributed by atoms with van der Waals surface area (Å²) < 4.78 is 10.4. The van der Waals surface area contributed by atoms with E-state index in [1.165, 1.54) is 14.2 Å². The van der Waals surface area contributed by atoms with Crippen molar-refractivity contribution in [3.05, 3.63) is 52.6 Å². The molecule has 0 saturated heterocycles. The van der Waals surface area contributed by atoms with Gasteiger partial charge in [0.05, 0.1) is 14.2 Å². The van der Waals surface area contributed by atoms with E-state index in [2.05, 4.69) is 5.32 Å². The fourth-order valence-electron chi connectivity index (χ4n) is 4.33. The molecule has 1 aliphatic rings. The molecular weight excluding hydrogens is 382 g/mol. The number of rotatable bonds is 6. The number of benzene rings is 2. The molecule has 158 valence electrons. The van der Waals surface area contributed by atoms with Gasteiger partial charge in [0.25, 0.3) is 0 Å². The number of ether oxygens (including phenoxy) is 2. The van der Waals surface area contributed by atoms with Gasteiger partial charge in [0.2, 0.25) is 5.91 Å². The van der Waals surface area contributed by atoms with Crippen molar-refractivity contribution in [3.63, 3.8) is 0 Å². The lowest BCUT2D eigenvalue weighted by Crippen LogP contribution is -2.22. The van der Waals surface area contributed by atoms with Gasteiger partial charge in [-0.2, -0.15) is 0 Å². The maximum Gasteiger partial charge on any atom is 0.225 e. The van der Waals surface area contributed by atoms with Crippen molar-refractivity contribution in [2.45, 2.75) is 39.5 Å². The molecule has 6 heteroatoms. The van der Waals surface area contributed by atoms with E-state index in [4.69, 9.17) is 9.47 Å². The number of carbonyl (C=O) groups excluding carboxylic acids is 3. The third-order valence-corrected chi connectivity index (χ3v) is 5.58. The molecule has 30 heavy (non-hydrogen) atoms. The molecule has 1 saturated carbocycles. The van der Waals surface area contributed by atoms with Crippen molar-refractivity contribution in [2.24, 2.45) is 5.92 Å². The van der Waals surface area contributed by atoms with E-state index in [0.717, 1.165) is 22.3 Å². The fourth-order valence-corrected chi connectivity index (χ4v) is 4.33. The molecule has 0 aromatic heterocycles. The van der Waals surface area contributed by atoms with Crippen molar-refractivity contribution in [1.29, 1.82) is 0 Å². The summed E-state index contributed by atoms with van der Waals surface area (Å²) in [6.45, 7) is 5.84. The molecular formula is C24H27NO5. The summed E-state index contributed by atoms with van der Waals surface area (Å²) in [5.74, 6) is -0.929. The van der Waals surface area contributed by atoms with Gasteiger partial charge in [-0.05, 0) is 49.6 Å². The molecule has 6 nitrogen and oxygen atoms in total. The number of nitrogens with one attached hydrogen (secondary N) is 1. The molecule has 0 bridgehead atoms. The molecule has 0 radical (unpaired) electrons. The second-order valence-corrected chi connectivity index (χ2v) is 7.84. The van der Waals surface area contributed by atoms with Crippen LogP contribution in [0.4, 0.5) is 5.69 Å². The lowest BCUT2D eigenvalue weighted by molar-refractivity contribution is -0.127. The Morgan fingerprint density at radius 1 is 1.00 bits per heavy atom. The Labute approximate surface area is 176 Å². The summed E-state index contributed by atoms with van der Waals surface area (Å²) in [7, 11) is 3.05. The minimum Gasteiger partial charge on any atom is -0.493 e. The second-order valence-electron chi connectivity index (χ2n) is 7.84. The summed E-state index contributed by atoms with van der Waals surface area (Å²) in [6, 6.07) is 9.01. The van der Waals surface area contributed by atoms with Gasteiger partial charge >= 0.3 is 0 Å². The average molecular weight is 409 g/mol. The normalized spacial score (nSPS) is 18.4. The first-order chi connectivity index (χ1) is 14.2. The first-order valence-corrected chi connectivity index (χ1v) is 9.91. The van der Waals surface area contributed by atoms with E-state index >= 15 is 0 Å². The van der Waals surface area contributed by atoms with Gasteiger partial charge in [0, 0.05) is 30.5 Å². The summed E-state index contributed by atoms with van der Waals surface area (Å²) in [5, 5.41) is 2.78. The summed E-state index contributed by atoms with van der Waals surface area (Å²) in [4.78, 5) is 38.3. The molecule has 2 atom stereocenters. The lowest BCUT2D eigenvalue weighted by Gasteiger charge is -2.16. The summed E-state index contributed by atoms with van der Waals surface area (Å²) in [6.07, 6.45) is 0.0645.